The molecule has 4 N–H and O–H groups in total. The first-order valence-corrected chi connectivity index (χ1v) is 2.10. The van der Waals surface area contributed by atoms with E-state index in [4.69, 9.17) is 17.5 Å². The van der Waals surface area contributed by atoms with Gasteiger partial charge in [0.15, 0.2) is 0 Å². The van der Waals surface area contributed by atoms with Crippen molar-refractivity contribution in [3.63, 3.8) is 0 Å². The summed E-state index contributed by atoms with van der Waals surface area (Å²) in [5, 5.41) is 0. The summed E-state index contributed by atoms with van der Waals surface area (Å²) in [7, 11) is -4.67. The molecule has 7 heteroatoms. The molecule has 0 heterocycles. The van der Waals surface area contributed by atoms with Gasteiger partial charge in [-0.15, -0.1) is 0 Å². The average Bonchev–Trinajstić information content (AvgIpc) is 0.722. The van der Waals surface area contributed by atoms with Crippen molar-refractivity contribution in [2.45, 2.75) is 7.43 Å². The molecule has 50 valence electrons. The normalized spacial score (nSPS) is 7.25. The number of hydrogen-bond acceptors (Lipinski definition) is 2. The van der Waals surface area contributed by atoms with E-state index >= 15 is 0 Å². The van der Waals surface area contributed by atoms with Crippen molar-refractivity contribution in [3.8, 4) is 0 Å². The summed E-state index contributed by atoms with van der Waals surface area (Å²) in [6.45, 7) is 0. The van der Waals surface area contributed by atoms with Crippen LogP contribution in [0, 0.1) is 0 Å². The van der Waals surface area contributed by atoms with Gasteiger partial charge in [-0.25, -0.2) is 0 Å². The molecule has 0 aromatic carbocycles. The Balaban J connectivity index is -0.0000000267. The van der Waals surface area contributed by atoms with E-state index in [0.29, 0.717) is 0 Å². The molecule has 0 bridgehead atoms. The molecule has 0 saturated heterocycles. The van der Waals surface area contributed by atoms with E-state index in [2.05, 4.69) is 0 Å². The molecule has 0 aromatic heterocycles. The Bertz CT molecular complexity index is 95.6. The minimum absolute atomic E-state index is 0. The van der Waals surface area contributed by atoms with E-state index < -0.39 is 10.4 Å². The van der Waals surface area contributed by atoms with Crippen molar-refractivity contribution in [1.29, 1.82) is 0 Å². The molecule has 8 heavy (non-hydrogen) atoms. The zero-order valence-electron chi connectivity index (χ0n) is 2.62. The van der Waals surface area contributed by atoms with Gasteiger partial charge in [0.05, 0.1) is 0 Å². The van der Waals surface area contributed by atoms with Crippen molar-refractivity contribution in [2.75, 3.05) is 0 Å². The zero-order chi connectivity index (χ0) is 4.50. The number of rotatable bonds is 0. The Kier molecular flexibility index (Phi) is 22.7. The Morgan fingerprint density at radius 1 is 1.12 bits per heavy atom. The van der Waals surface area contributed by atoms with Gasteiger partial charge in [-0.05, 0) is 0 Å². The van der Waals surface area contributed by atoms with Gasteiger partial charge in [0.2, 0.25) is 0 Å². The van der Waals surface area contributed by atoms with E-state index in [9.17, 15) is 0 Å². The summed E-state index contributed by atoms with van der Waals surface area (Å²) in [4.78, 5) is 0. The second-order valence-electron chi connectivity index (χ2n) is 0.448. The van der Waals surface area contributed by atoms with Crippen LogP contribution in [-0.4, -0.2) is 52.6 Å². The van der Waals surface area contributed by atoms with E-state index in [1.807, 2.05) is 0 Å². The fourth-order valence-corrected chi connectivity index (χ4v) is 0. The Morgan fingerprint density at radius 2 is 1.12 bits per heavy atom. The Morgan fingerprint density at radius 3 is 1.12 bits per heavy atom. The summed E-state index contributed by atoms with van der Waals surface area (Å²) in [6.07, 6.45) is 0. The third-order valence-corrected chi connectivity index (χ3v) is 0. The first-order chi connectivity index (χ1) is 2.00. The summed E-state index contributed by atoms with van der Waals surface area (Å²) >= 11 is 0. The van der Waals surface area contributed by atoms with Crippen LogP contribution < -0.4 is 0 Å². The molecule has 0 unspecified atom stereocenters. The molecule has 0 aliphatic rings. The molecule has 0 radical (unpaired) electrons. The third-order valence-electron chi connectivity index (χ3n) is 0. The molecule has 0 rings (SSSR count). The van der Waals surface area contributed by atoms with Gasteiger partial charge in [-0.1, -0.05) is 7.43 Å². The zero-order valence-corrected chi connectivity index (χ0v) is 3.44. The second-order valence-corrected chi connectivity index (χ2v) is 1.34. The molecule has 5 nitrogen and oxygen atoms in total. The van der Waals surface area contributed by atoms with Crippen LogP contribution in [0.5, 0.6) is 0 Å². The Labute approximate surface area is 70.3 Å². The summed E-state index contributed by atoms with van der Waals surface area (Å²) in [6, 6.07) is 0. The van der Waals surface area contributed by atoms with E-state index in [1.165, 1.54) is 0 Å². The standard InChI is InChI=1S/CH4.Na.H2O4S.H2O.H/c;;1-5(2,3)4;;/h1H4;;(H2,1,2,3,4);1H2;. The molecule has 0 amide bonds. The van der Waals surface area contributed by atoms with E-state index in [1.54, 1.807) is 0 Å². The fraction of sp³-hybridized carbons (Fsp3) is 1.00. The van der Waals surface area contributed by atoms with Crippen molar-refractivity contribution >= 4 is 40.0 Å². The molecule has 0 aromatic rings. The minimum atomic E-state index is -4.67. The quantitative estimate of drug-likeness (QED) is 0.329. The first kappa shape index (κ1) is 23.2. The predicted molar refractivity (Wildman–Crippen MR) is 31.7 cm³/mol. The predicted octanol–water partition coefficient (Wildman–Crippen LogP) is -1.49. The van der Waals surface area contributed by atoms with Gasteiger partial charge >= 0.3 is 40.0 Å². The van der Waals surface area contributed by atoms with Crippen LogP contribution in [0.1, 0.15) is 7.43 Å². The topological polar surface area (TPSA) is 106 Å². The van der Waals surface area contributed by atoms with Crippen molar-refractivity contribution < 1.29 is 23.0 Å². The molecule has 0 saturated carbocycles. The van der Waals surface area contributed by atoms with Crippen molar-refractivity contribution in [1.82, 2.24) is 0 Å². The monoisotopic (exact) mass is 156 g/mol. The first-order valence-electron chi connectivity index (χ1n) is 0.698. The molecule has 0 spiro atoms. The van der Waals surface area contributed by atoms with E-state index in [0.717, 1.165) is 0 Å². The van der Waals surface area contributed by atoms with Crippen molar-refractivity contribution in [3.05, 3.63) is 0 Å². The third kappa shape index (κ3) is 337. The van der Waals surface area contributed by atoms with Gasteiger partial charge in [0.25, 0.3) is 0 Å². The SMILES string of the molecule is C.O.O=S(=O)(O)O.[NaH]. The van der Waals surface area contributed by atoms with Crippen LogP contribution in [-0.2, 0) is 10.4 Å². The van der Waals surface area contributed by atoms with Crippen LogP contribution in [0.2, 0.25) is 0 Å². The Hall–Kier alpha value is 0.830. The van der Waals surface area contributed by atoms with Crippen LogP contribution in [0.15, 0.2) is 0 Å². The molecule has 0 atom stereocenters. The second kappa shape index (κ2) is 7.83. The summed E-state index contributed by atoms with van der Waals surface area (Å²) in [5.74, 6) is 0. The summed E-state index contributed by atoms with van der Waals surface area (Å²) < 4.78 is 31.6. The van der Waals surface area contributed by atoms with Gasteiger partial charge in [0, 0.05) is 0 Å². The van der Waals surface area contributed by atoms with Gasteiger partial charge in [0.1, 0.15) is 0 Å². The van der Waals surface area contributed by atoms with Gasteiger partial charge in [-0.2, -0.15) is 8.42 Å². The van der Waals surface area contributed by atoms with Crippen molar-refractivity contribution in [2.24, 2.45) is 0 Å². The summed E-state index contributed by atoms with van der Waals surface area (Å²) in [5.41, 5.74) is 0. The maximum absolute atomic E-state index is 8.74. The van der Waals surface area contributed by atoms with E-state index in [-0.39, 0.29) is 42.5 Å². The fourth-order valence-electron chi connectivity index (χ4n) is 0. The van der Waals surface area contributed by atoms with Crippen LogP contribution >= 0.6 is 0 Å². The molecule has 0 aliphatic carbocycles. The molecule has 0 fully saturated rings. The van der Waals surface area contributed by atoms with Gasteiger partial charge in [-0.3, -0.25) is 9.11 Å². The molecule has 0 aliphatic heterocycles. The average molecular weight is 156 g/mol. The number of hydrogen-bond donors (Lipinski definition) is 2. The van der Waals surface area contributed by atoms with Crippen LogP contribution in [0.25, 0.3) is 0 Å². The molecular weight excluding hydrogens is 147 g/mol. The molecular formula is CH9NaO5S. The van der Waals surface area contributed by atoms with Crippen LogP contribution in [0.4, 0.5) is 0 Å². The maximum atomic E-state index is 8.74. The van der Waals surface area contributed by atoms with Gasteiger partial charge < -0.3 is 5.48 Å². The van der Waals surface area contributed by atoms with Crippen LogP contribution in [0.3, 0.4) is 0 Å².